The Labute approximate surface area is 133 Å². The molecule has 1 heterocycles. The molecule has 2 amide bonds. The van der Waals surface area contributed by atoms with Crippen molar-refractivity contribution >= 4 is 11.8 Å². The molecule has 6 nitrogen and oxygen atoms in total. The molecule has 0 spiro atoms. The van der Waals surface area contributed by atoms with Gasteiger partial charge >= 0.3 is 0 Å². The van der Waals surface area contributed by atoms with E-state index in [1.807, 2.05) is 6.07 Å². The van der Waals surface area contributed by atoms with E-state index in [1.165, 1.54) is 0 Å². The van der Waals surface area contributed by atoms with E-state index in [2.05, 4.69) is 5.32 Å². The summed E-state index contributed by atoms with van der Waals surface area (Å²) in [7, 11) is 0. The van der Waals surface area contributed by atoms with Gasteiger partial charge in [-0.25, -0.2) is 0 Å². The highest BCUT2D eigenvalue weighted by atomic mass is 16.6. The number of nitrogens with two attached hydrogens (primary N) is 1. The quantitative estimate of drug-likeness (QED) is 0.893. The van der Waals surface area contributed by atoms with Gasteiger partial charge in [0.2, 0.25) is 5.91 Å². The van der Waals surface area contributed by atoms with Crippen LogP contribution in [0.5, 0.6) is 11.5 Å². The second-order valence-electron chi connectivity index (χ2n) is 5.08. The normalized spacial score (nSPS) is 13.9. The van der Waals surface area contributed by atoms with Crippen molar-refractivity contribution in [3.8, 4) is 11.5 Å². The summed E-state index contributed by atoms with van der Waals surface area (Å²) in [6, 6.07) is 12.8. The number of hydrogen-bond donors (Lipinski definition) is 2. The van der Waals surface area contributed by atoms with Crippen LogP contribution in [-0.2, 0) is 4.79 Å². The van der Waals surface area contributed by atoms with Crippen molar-refractivity contribution < 1.29 is 19.1 Å². The first-order valence-corrected chi connectivity index (χ1v) is 7.20. The number of benzene rings is 2. The molecule has 3 N–H and O–H groups in total. The predicted molar refractivity (Wildman–Crippen MR) is 83.3 cm³/mol. The molecule has 118 valence electrons. The molecule has 2 aromatic rings. The molecule has 0 fully saturated rings. The van der Waals surface area contributed by atoms with Gasteiger partial charge in [-0.05, 0) is 23.8 Å². The highest BCUT2D eigenvalue weighted by Crippen LogP contribution is 2.30. The summed E-state index contributed by atoms with van der Waals surface area (Å²) >= 11 is 0. The maximum atomic E-state index is 12.4. The van der Waals surface area contributed by atoms with Crippen molar-refractivity contribution in [3.63, 3.8) is 0 Å². The van der Waals surface area contributed by atoms with Gasteiger partial charge in [0.05, 0.1) is 0 Å². The van der Waals surface area contributed by atoms with Gasteiger partial charge in [0, 0.05) is 5.56 Å². The molecular formula is C17H16N2O4. The summed E-state index contributed by atoms with van der Waals surface area (Å²) in [5, 5.41) is 2.65. The SMILES string of the molecule is NC(=O)C(NC(=O)c1ccc2c(c1)OCCO2)c1ccccc1. The zero-order valence-electron chi connectivity index (χ0n) is 12.3. The van der Waals surface area contributed by atoms with E-state index >= 15 is 0 Å². The van der Waals surface area contributed by atoms with Crippen molar-refractivity contribution in [1.82, 2.24) is 5.32 Å². The molecule has 2 aromatic carbocycles. The van der Waals surface area contributed by atoms with Crippen molar-refractivity contribution in [2.45, 2.75) is 6.04 Å². The number of amides is 2. The van der Waals surface area contributed by atoms with Gasteiger partial charge in [-0.2, -0.15) is 0 Å². The second kappa shape index (κ2) is 6.39. The molecule has 6 heteroatoms. The van der Waals surface area contributed by atoms with E-state index in [-0.39, 0.29) is 0 Å². The Morgan fingerprint density at radius 3 is 2.39 bits per heavy atom. The molecule has 1 unspecified atom stereocenters. The van der Waals surface area contributed by atoms with E-state index in [9.17, 15) is 9.59 Å². The first-order chi connectivity index (χ1) is 11.1. The van der Waals surface area contributed by atoms with Crippen LogP contribution in [0, 0.1) is 0 Å². The lowest BCUT2D eigenvalue weighted by molar-refractivity contribution is -0.120. The topological polar surface area (TPSA) is 90.7 Å². The van der Waals surface area contributed by atoms with Gasteiger partial charge in [0.15, 0.2) is 11.5 Å². The maximum Gasteiger partial charge on any atom is 0.252 e. The van der Waals surface area contributed by atoms with Crippen LogP contribution < -0.4 is 20.5 Å². The lowest BCUT2D eigenvalue weighted by Crippen LogP contribution is -2.37. The van der Waals surface area contributed by atoms with Gasteiger partial charge in [-0.1, -0.05) is 30.3 Å². The molecule has 0 bridgehead atoms. The van der Waals surface area contributed by atoms with E-state index in [0.29, 0.717) is 35.8 Å². The third kappa shape index (κ3) is 3.26. The molecule has 3 rings (SSSR count). The number of primary amides is 1. The van der Waals surface area contributed by atoms with Crippen molar-refractivity contribution in [2.24, 2.45) is 5.73 Å². The Morgan fingerprint density at radius 1 is 1.00 bits per heavy atom. The molecule has 0 saturated heterocycles. The van der Waals surface area contributed by atoms with Crippen LogP contribution in [0.25, 0.3) is 0 Å². The van der Waals surface area contributed by atoms with Crippen LogP contribution in [-0.4, -0.2) is 25.0 Å². The van der Waals surface area contributed by atoms with Gasteiger partial charge in [0.1, 0.15) is 19.3 Å². The van der Waals surface area contributed by atoms with Crippen molar-refractivity contribution in [1.29, 1.82) is 0 Å². The molecular weight excluding hydrogens is 296 g/mol. The molecule has 0 aliphatic carbocycles. The van der Waals surface area contributed by atoms with Crippen LogP contribution in [0.15, 0.2) is 48.5 Å². The molecule has 0 aromatic heterocycles. The van der Waals surface area contributed by atoms with Gasteiger partial charge in [-0.15, -0.1) is 0 Å². The van der Waals surface area contributed by atoms with Crippen LogP contribution in [0.2, 0.25) is 0 Å². The number of hydrogen-bond acceptors (Lipinski definition) is 4. The highest BCUT2D eigenvalue weighted by Gasteiger charge is 2.22. The fraction of sp³-hybridized carbons (Fsp3) is 0.176. The summed E-state index contributed by atoms with van der Waals surface area (Å²) in [6.45, 7) is 0.919. The van der Waals surface area contributed by atoms with Crippen molar-refractivity contribution in [2.75, 3.05) is 13.2 Å². The number of nitrogens with one attached hydrogen (secondary N) is 1. The standard InChI is InChI=1S/C17H16N2O4/c18-16(20)15(11-4-2-1-3-5-11)19-17(21)12-6-7-13-14(10-12)23-9-8-22-13/h1-7,10,15H,8-9H2,(H2,18,20)(H,19,21). The molecule has 0 saturated carbocycles. The van der Waals surface area contributed by atoms with Crippen LogP contribution in [0.3, 0.4) is 0 Å². The minimum absolute atomic E-state index is 0.372. The maximum absolute atomic E-state index is 12.4. The van der Waals surface area contributed by atoms with Gasteiger partial charge < -0.3 is 20.5 Å². The van der Waals surface area contributed by atoms with Gasteiger partial charge in [-0.3, -0.25) is 9.59 Å². The zero-order chi connectivity index (χ0) is 16.2. The Morgan fingerprint density at radius 2 is 1.70 bits per heavy atom. The second-order valence-corrected chi connectivity index (χ2v) is 5.08. The summed E-state index contributed by atoms with van der Waals surface area (Å²) in [4.78, 5) is 24.1. The van der Waals surface area contributed by atoms with E-state index < -0.39 is 17.9 Å². The van der Waals surface area contributed by atoms with Crippen LogP contribution >= 0.6 is 0 Å². The van der Waals surface area contributed by atoms with Crippen LogP contribution in [0.1, 0.15) is 22.0 Å². The van der Waals surface area contributed by atoms with E-state index in [1.54, 1.807) is 42.5 Å². The number of carbonyl (C=O) groups excluding carboxylic acids is 2. The fourth-order valence-electron chi connectivity index (χ4n) is 2.36. The number of ether oxygens (including phenoxy) is 2. The third-order valence-corrected chi connectivity index (χ3v) is 3.50. The predicted octanol–water partition coefficient (Wildman–Crippen LogP) is 1.41. The van der Waals surface area contributed by atoms with Gasteiger partial charge in [0.25, 0.3) is 5.91 Å². The summed E-state index contributed by atoms with van der Waals surface area (Å²) in [5.74, 6) is 0.0817. The smallest absolute Gasteiger partial charge is 0.252 e. The summed E-state index contributed by atoms with van der Waals surface area (Å²) in [5.41, 5.74) is 6.41. The molecule has 23 heavy (non-hydrogen) atoms. The monoisotopic (exact) mass is 312 g/mol. The van der Waals surface area contributed by atoms with Crippen molar-refractivity contribution in [3.05, 3.63) is 59.7 Å². The summed E-state index contributed by atoms with van der Waals surface area (Å²) in [6.07, 6.45) is 0. The Balaban J connectivity index is 1.81. The average Bonchev–Trinajstić information content (AvgIpc) is 2.59. The Hall–Kier alpha value is -3.02. The molecule has 0 radical (unpaired) electrons. The van der Waals surface area contributed by atoms with Crippen LogP contribution in [0.4, 0.5) is 0 Å². The number of carbonyl (C=O) groups is 2. The summed E-state index contributed by atoms with van der Waals surface area (Å²) < 4.78 is 10.9. The fourth-order valence-corrected chi connectivity index (χ4v) is 2.36. The number of fused-ring (bicyclic) bond motifs is 1. The first-order valence-electron chi connectivity index (χ1n) is 7.20. The molecule has 1 aliphatic rings. The lowest BCUT2D eigenvalue weighted by Gasteiger charge is -2.20. The largest absolute Gasteiger partial charge is 0.486 e. The first kappa shape index (κ1) is 14.9. The molecule has 1 atom stereocenters. The highest BCUT2D eigenvalue weighted by molar-refractivity contribution is 5.98. The lowest BCUT2D eigenvalue weighted by atomic mass is 10.1. The van der Waals surface area contributed by atoms with E-state index in [0.717, 1.165) is 0 Å². The molecule has 1 aliphatic heterocycles. The minimum Gasteiger partial charge on any atom is -0.486 e. The minimum atomic E-state index is -0.892. The van der Waals surface area contributed by atoms with E-state index in [4.69, 9.17) is 15.2 Å². The Bertz CT molecular complexity index is 731. The Kier molecular flexibility index (Phi) is 4.14. The number of rotatable bonds is 4. The third-order valence-electron chi connectivity index (χ3n) is 3.50. The zero-order valence-corrected chi connectivity index (χ0v) is 12.3. The average molecular weight is 312 g/mol.